The molecule has 1 atom stereocenters. The lowest BCUT2D eigenvalue weighted by Crippen LogP contribution is -2.31. The highest BCUT2D eigenvalue weighted by atomic mass is 16.5. The molecule has 0 aliphatic rings. The summed E-state index contributed by atoms with van der Waals surface area (Å²) >= 11 is 0. The Morgan fingerprint density at radius 2 is 2.44 bits per heavy atom. The average molecular weight is 131 g/mol. The summed E-state index contributed by atoms with van der Waals surface area (Å²) in [5.74, 6) is -0.554. The van der Waals surface area contributed by atoms with Crippen LogP contribution in [0.3, 0.4) is 0 Å². The predicted octanol–water partition coefficient (Wildman–Crippen LogP) is -0.924. The molecule has 0 spiro atoms. The van der Waals surface area contributed by atoms with Gasteiger partial charge < -0.3 is 15.3 Å². The van der Waals surface area contributed by atoms with Crippen molar-refractivity contribution in [3.8, 4) is 0 Å². The smallest absolute Gasteiger partial charge is 0.323 e. The lowest BCUT2D eigenvalue weighted by molar-refractivity contribution is -0.142. The van der Waals surface area contributed by atoms with Gasteiger partial charge in [0.1, 0.15) is 12.3 Å². The Morgan fingerprint density at radius 3 is 2.78 bits per heavy atom. The first-order valence-electron chi connectivity index (χ1n) is 2.49. The van der Waals surface area contributed by atoms with Crippen LogP contribution in [0.2, 0.25) is 0 Å². The fourth-order valence-corrected chi connectivity index (χ4v) is 0.351. The molecule has 0 saturated heterocycles. The molecule has 0 aromatic heterocycles. The fourth-order valence-electron chi connectivity index (χ4n) is 0.351. The van der Waals surface area contributed by atoms with Crippen molar-refractivity contribution in [1.29, 1.82) is 0 Å². The second kappa shape index (κ2) is 4.03. The molecule has 0 amide bonds. The highest BCUT2D eigenvalue weighted by Gasteiger charge is 2.11. The van der Waals surface area contributed by atoms with Crippen LogP contribution in [-0.2, 0) is 14.3 Å². The maximum atomic E-state index is 10.4. The molecule has 0 rings (SSSR count). The van der Waals surface area contributed by atoms with E-state index in [0.29, 0.717) is 6.29 Å². The number of aldehydes is 1. The van der Waals surface area contributed by atoms with Crippen molar-refractivity contribution in [3.63, 3.8) is 0 Å². The molecule has 0 saturated carbocycles. The standard InChI is InChI=1S/C5H9NO3/c1-9-5(8)4(6)2-3-7/h3-4H,2,6H2,1H3. The average Bonchev–Trinajstić information content (AvgIpc) is 1.87. The van der Waals surface area contributed by atoms with Crippen molar-refractivity contribution in [2.75, 3.05) is 7.11 Å². The van der Waals surface area contributed by atoms with E-state index in [9.17, 15) is 9.59 Å². The van der Waals surface area contributed by atoms with Crippen LogP contribution in [0.15, 0.2) is 0 Å². The van der Waals surface area contributed by atoms with Crippen molar-refractivity contribution in [2.24, 2.45) is 5.73 Å². The second-order valence-corrected chi connectivity index (χ2v) is 1.53. The third kappa shape index (κ3) is 2.81. The fraction of sp³-hybridized carbons (Fsp3) is 0.600. The third-order valence-electron chi connectivity index (χ3n) is 0.854. The van der Waals surface area contributed by atoms with Gasteiger partial charge in [0.15, 0.2) is 0 Å². The molecule has 52 valence electrons. The zero-order valence-electron chi connectivity index (χ0n) is 5.16. The van der Waals surface area contributed by atoms with Crippen LogP contribution in [-0.4, -0.2) is 25.4 Å². The monoisotopic (exact) mass is 131 g/mol. The van der Waals surface area contributed by atoms with Crippen LogP contribution in [0.1, 0.15) is 6.42 Å². The number of methoxy groups -OCH3 is 1. The summed E-state index contributed by atoms with van der Waals surface area (Å²) in [5, 5.41) is 0. The minimum absolute atomic E-state index is 0.0205. The highest BCUT2D eigenvalue weighted by Crippen LogP contribution is 1.85. The zero-order valence-corrected chi connectivity index (χ0v) is 5.16. The van der Waals surface area contributed by atoms with Gasteiger partial charge in [-0.15, -0.1) is 0 Å². The molecule has 1 unspecified atom stereocenters. The SMILES string of the molecule is COC(=O)C(N)CC=O. The Balaban J connectivity index is 3.58. The molecule has 2 N–H and O–H groups in total. The van der Waals surface area contributed by atoms with Crippen molar-refractivity contribution in [1.82, 2.24) is 0 Å². The number of hydrogen-bond acceptors (Lipinski definition) is 4. The molecule has 9 heavy (non-hydrogen) atoms. The summed E-state index contributed by atoms with van der Waals surface area (Å²) in [6, 6.07) is -0.799. The molecule has 0 heterocycles. The number of nitrogens with two attached hydrogens (primary N) is 1. The summed E-state index contributed by atoms with van der Waals surface area (Å²) in [6.45, 7) is 0. The summed E-state index contributed by atoms with van der Waals surface area (Å²) in [4.78, 5) is 20.1. The van der Waals surface area contributed by atoms with Gasteiger partial charge in [0.05, 0.1) is 7.11 Å². The van der Waals surface area contributed by atoms with E-state index in [1.54, 1.807) is 0 Å². The van der Waals surface area contributed by atoms with Gasteiger partial charge in [-0.25, -0.2) is 0 Å². The predicted molar refractivity (Wildman–Crippen MR) is 30.7 cm³/mol. The number of ether oxygens (including phenoxy) is 1. The van der Waals surface area contributed by atoms with E-state index < -0.39 is 12.0 Å². The number of rotatable bonds is 3. The van der Waals surface area contributed by atoms with E-state index in [0.717, 1.165) is 0 Å². The van der Waals surface area contributed by atoms with Crippen LogP contribution in [0.5, 0.6) is 0 Å². The first kappa shape index (κ1) is 8.10. The summed E-state index contributed by atoms with van der Waals surface area (Å²) in [7, 11) is 1.23. The van der Waals surface area contributed by atoms with Crippen LogP contribution in [0.25, 0.3) is 0 Å². The molecule has 4 nitrogen and oxygen atoms in total. The van der Waals surface area contributed by atoms with Crippen LogP contribution < -0.4 is 5.73 Å². The van der Waals surface area contributed by atoms with Gasteiger partial charge in [0.25, 0.3) is 0 Å². The van der Waals surface area contributed by atoms with Crippen LogP contribution >= 0.6 is 0 Å². The molecule has 0 aromatic carbocycles. The third-order valence-corrected chi connectivity index (χ3v) is 0.854. The first-order valence-corrected chi connectivity index (χ1v) is 2.49. The second-order valence-electron chi connectivity index (χ2n) is 1.53. The molecular formula is C5H9NO3. The topological polar surface area (TPSA) is 69.4 Å². The van der Waals surface area contributed by atoms with Gasteiger partial charge in [-0.05, 0) is 0 Å². The largest absolute Gasteiger partial charge is 0.468 e. The van der Waals surface area contributed by atoms with E-state index >= 15 is 0 Å². The number of esters is 1. The molecule has 0 radical (unpaired) electrons. The molecule has 0 aliphatic heterocycles. The lowest BCUT2D eigenvalue weighted by Gasteiger charge is -2.02. The summed E-state index contributed by atoms with van der Waals surface area (Å²) in [6.07, 6.45) is 0.605. The Morgan fingerprint density at radius 1 is 1.89 bits per heavy atom. The molecular weight excluding hydrogens is 122 g/mol. The number of carbonyl (C=O) groups excluding carboxylic acids is 2. The van der Waals surface area contributed by atoms with E-state index in [1.807, 2.05) is 0 Å². The van der Waals surface area contributed by atoms with Gasteiger partial charge >= 0.3 is 5.97 Å². The van der Waals surface area contributed by atoms with Crippen LogP contribution in [0, 0.1) is 0 Å². The Labute approximate surface area is 53.0 Å². The Bertz CT molecular complexity index is 113. The van der Waals surface area contributed by atoms with Crippen molar-refractivity contribution in [3.05, 3.63) is 0 Å². The molecule has 0 aromatic rings. The van der Waals surface area contributed by atoms with E-state index in [-0.39, 0.29) is 6.42 Å². The van der Waals surface area contributed by atoms with Gasteiger partial charge in [0.2, 0.25) is 0 Å². The lowest BCUT2D eigenvalue weighted by atomic mass is 10.2. The van der Waals surface area contributed by atoms with Crippen molar-refractivity contribution in [2.45, 2.75) is 12.5 Å². The van der Waals surface area contributed by atoms with Crippen molar-refractivity contribution < 1.29 is 14.3 Å². The quantitative estimate of drug-likeness (QED) is 0.397. The Hall–Kier alpha value is -0.900. The summed E-state index contributed by atoms with van der Waals surface area (Å²) < 4.78 is 4.24. The van der Waals surface area contributed by atoms with Crippen LogP contribution in [0.4, 0.5) is 0 Å². The van der Waals surface area contributed by atoms with Gasteiger partial charge in [-0.2, -0.15) is 0 Å². The van der Waals surface area contributed by atoms with Crippen molar-refractivity contribution >= 4 is 12.3 Å². The minimum Gasteiger partial charge on any atom is -0.468 e. The maximum Gasteiger partial charge on any atom is 0.323 e. The molecule has 0 aliphatic carbocycles. The highest BCUT2D eigenvalue weighted by molar-refractivity contribution is 5.78. The maximum absolute atomic E-state index is 10.4. The minimum atomic E-state index is -0.799. The molecule has 0 bridgehead atoms. The number of carbonyl (C=O) groups is 2. The zero-order chi connectivity index (χ0) is 7.28. The molecule has 4 heteroatoms. The van der Waals surface area contributed by atoms with Gasteiger partial charge in [-0.3, -0.25) is 4.79 Å². The van der Waals surface area contributed by atoms with E-state index in [4.69, 9.17) is 5.73 Å². The first-order chi connectivity index (χ1) is 4.22. The summed E-state index contributed by atoms with van der Waals surface area (Å²) in [5.41, 5.74) is 5.13. The van der Waals surface area contributed by atoms with Gasteiger partial charge in [0, 0.05) is 6.42 Å². The van der Waals surface area contributed by atoms with E-state index in [2.05, 4.69) is 4.74 Å². The normalized spacial score (nSPS) is 12.2. The Kier molecular flexibility index (Phi) is 3.62. The van der Waals surface area contributed by atoms with Gasteiger partial charge in [-0.1, -0.05) is 0 Å². The van der Waals surface area contributed by atoms with E-state index in [1.165, 1.54) is 7.11 Å². The number of hydrogen-bond donors (Lipinski definition) is 1. The molecule has 0 fully saturated rings.